The Bertz CT molecular complexity index is 1450. The first-order valence-electron chi connectivity index (χ1n) is 12.4. The van der Waals surface area contributed by atoms with Crippen molar-refractivity contribution in [3.63, 3.8) is 0 Å². The first-order chi connectivity index (χ1) is 18.5. The summed E-state index contributed by atoms with van der Waals surface area (Å²) >= 11 is 0. The van der Waals surface area contributed by atoms with Crippen LogP contribution in [-0.2, 0) is 25.9 Å². The largest absolute Gasteiger partial charge is 0.495 e. The number of carbonyl (C=O) groups excluding carboxylic acids is 2. The van der Waals surface area contributed by atoms with Crippen molar-refractivity contribution in [1.29, 1.82) is 0 Å². The Morgan fingerprint density at radius 3 is 2.62 bits per heavy atom. The molecule has 15 heteroatoms. The number of H-pyrrole nitrogens is 1. The number of carbonyl (C=O) groups is 2. The van der Waals surface area contributed by atoms with Crippen LogP contribution in [0.5, 0.6) is 0 Å². The van der Waals surface area contributed by atoms with Gasteiger partial charge in [0, 0.05) is 24.8 Å². The fourth-order valence-corrected chi connectivity index (χ4v) is 4.39. The number of nitrogens with one attached hydrogen (secondary N) is 3. The number of nitrogens with zero attached hydrogens (tertiary/aromatic N) is 3. The molecule has 0 unspecified atom stereocenters. The van der Waals surface area contributed by atoms with Gasteiger partial charge in [-0.3, -0.25) is 9.78 Å². The van der Waals surface area contributed by atoms with E-state index in [0.29, 0.717) is 36.8 Å². The normalized spacial score (nSPS) is 15.5. The maximum Gasteiger partial charge on any atom is 0.495 e. The second-order valence-corrected chi connectivity index (χ2v) is 9.28. The zero-order valence-electron chi connectivity index (χ0n) is 21.0. The summed E-state index contributed by atoms with van der Waals surface area (Å²) < 4.78 is 38.0. The monoisotopic (exact) mass is 552 g/mol. The number of benzene rings is 1. The molecule has 0 bridgehead atoms. The van der Waals surface area contributed by atoms with Crippen LogP contribution >= 0.6 is 0 Å². The number of hydrogen-bond acceptors (Lipinski definition) is 10. The molecular formula is C24H27F3N6O6. The number of alkyl halides is 3. The summed E-state index contributed by atoms with van der Waals surface area (Å²) in [5.41, 5.74) is 1.73. The summed E-state index contributed by atoms with van der Waals surface area (Å²) in [6.45, 7) is 4.08. The van der Waals surface area contributed by atoms with E-state index in [2.05, 4.69) is 35.4 Å². The maximum atomic E-state index is 12.5. The molecule has 1 aromatic rings. The maximum absolute atomic E-state index is 12.5. The Labute approximate surface area is 219 Å². The second-order valence-electron chi connectivity index (χ2n) is 9.28. The van der Waals surface area contributed by atoms with Gasteiger partial charge in [0.05, 0.1) is 17.5 Å². The molecule has 0 aromatic heterocycles. The molecule has 0 radical (unpaired) electrons. The van der Waals surface area contributed by atoms with E-state index >= 15 is 0 Å². The predicted octanol–water partition coefficient (Wildman–Crippen LogP) is 2.18. The molecule has 3 aliphatic rings. The van der Waals surface area contributed by atoms with Gasteiger partial charge >= 0.3 is 23.8 Å². The Balaban J connectivity index is 1.45. The van der Waals surface area contributed by atoms with E-state index in [9.17, 15) is 32.3 Å². The molecule has 0 saturated carbocycles. The molecule has 39 heavy (non-hydrogen) atoms. The van der Waals surface area contributed by atoms with Gasteiger partial charge in [-0.15, -0.1) is 0 Å². The average Bonchev–Trinajstić information content (AvgIpc) is 3.38. The van der Waals surface area contributed by atoms with Crippen LogP contribution in [0.2, 0.25) is 0 Å². The summed E-state index contributed by atoms with van der Waals surface area (Å²) in [4.78, 5) is 64.6. The SMILES string of the molecule is Cc1cc2nc3c(=O)[nH]c(=O)nc-3n(CCCCCCC(=O)OOC(=O)C(F)(F)F)c2cc1N[C@@H]1CCNC1. The molecule has 210 valence electrons. The lowest BCUT2D eigenvalue weighted by molar-refractivity contribution is -0.285. The van der Waals surface area contributed by atoms with Crippen LogP contribution in [0.25, 0.3) is 22.6 Å². The number of aromatic amines is 1. The molecule has 1 atom stereocenters. The number of aryl methyl sites for hydroxylation is 2. The lowest BCUT2D eigenvalue weighted by atomic mass is 10.1. The first-order valence-corrected chi connectivity index (χ1v) is 12.4. The number of unbranched alkanes of at least 4 members (excludes halogenated alkanes) is 3. The van der Waals surface area contributed by atoms with Gasteiger partial charge in [-0.2, -0.15) is 18.2 Å². The van der Waals surface area contributed by atoms with Crippen LogP contribution < -0.4 is 21.9 Å². The van der Waals surface area contributed by atoms with Crippen molar-refractivity contribution >= 4 is 28.7 Å². The zero-order valence-corrected chi connectivity index (χ0v) is 21.0. The fraction of sp³-hybridized carbons (Fsp3) is 0.500. The summed E-state index contributed by atoms with van der Waals surface area (Å²) in [7, 11) is 0. The van der Waals surface area contributed by atoms with Gasteiger partial charge < -0.3 is 15.2 Å². The fourth-order valence-electron chi connectivity index (χ4n) is 4.39. The number of fused-ring (bicyclic) bond motifs is 2. The smallest absolute Gasteiger partial charge is 0.381 e. The summed E-state index contributed by atoms with van der Waals surface area (Å²) in [6.07, 6.45) is -2.53. The minimum absolute atomic E-state index is 0.0401. The minimum atomic E-state index is -5.25. The number of anilines is 1. The molecule has 0 aliphatic carbocycles. The van der Waals surface area contributed by atoms with Gasteiger partial charge in [-0.25, -0.2) is 29.1 Å². The summed E-state index contributed by atoms with van der Waals surface area (Å²) in [6, 6.07) is 4.07. The molecule has 1 saturated heterocycles. The molecule has 4 rings (SSSR count). The van der Waals surface area contributed by atoms with Crippen LogP contribution in [0.15, 0.2) is 21.7 Å². The van der Waals surface area contributed by atoms with Crippen LogP contribution in [0, 0.1) is 6.92 Å². The Morgan fingerprint density at radius 1 is 1.13 bits per heavy atom. The van der Waals surface area contributed by atoms with E-state index in [4.69, 9.17) is 0 Å². The highest BCUT2D eigenvalue weighted by atomic mass is 19.4. The van der Waals surface area contributed by atoms with Crippen molar-refractivity contribution in [3.8, 4) is 11.5 Å². The van der Waals surface area contributed by atoms with E-state index in [0.717, 1.165) is 30.8 Å². The topological polar surface area (TPSA) is 157 Å². The highest BCUT2D eigenvalue weighted by molar-refractivity contribution is 5.84. The number of aromatic nitrogens is 4. The Morgan fingerprint density at radius 2 is 1.90 bits per heavy atom. The van der Waals surface area contributed by atoms with E-state index in [1.54, 1.807) is 4.57 Å². The highest BCUT2D eigenvalue weighted by Gasteiger charge is 2.43. The molecular weight excluding hydrogens is 525 g/mol. The summed E-state index contributed by atoms with van der Waals surface area (Å²) in [5, 5.41) is 6.84. The molecule has 1 fully saturated rings. The minimum Gasteiger partial charge on any atom is -0.381 e. The van der Waals surface area contributed by atoms with E-state index in [-0.39, 0.29) is 30.4 Å². The highest BCUT2D eigenvalue weighted by Crippen LogP contribution is 2.28. The lowest BCUT2D eigenvalue weighted by Gasteiger charge is -2.20. The van der Waals surface area contributed by atoms with Crippen molar-refractivity contribution in [2.45, 2.75) is 64.2 Å². The quantitative estimate of drug-likeness (QED) is 0.156. The molecule has 3 aliphatic heterocycles. The third-order valence-corrected chi connectivity index (χ3v) is 6.33. The van der Waals surface area contributed by atoms with E-state index in [1.165, 1.54) is 0 Å². The van der Waals surface area contributed by atoms with Crippen molar-refractivity contribution < 1.29 is 32.5 Å². The summed E-state index contributed by atoms with van der Waals surface area (Å²) in [5.74, 6) is -3.54. The third-order valence-electron chi connectivity index (χ3n) is 6.33. The van der Waals surface area contributed by atoms with E-state index < -0.39 is 29.4 Å². The van der Waals surface area contributed by atoms with Crippen LogP contribution in [0.4, 0.5) is 18.9 Å². The van der Waals surface area contributed by atoms with E-state index in [1.807, 2.05) is 19.1 Å². The third kappa shape index (κ3) is 6.90. The van der Waals surface area contributed by atoms with Crippen molar-refractivity contribution in [3.05, 3.63) is 38.5 Å². The molecule has 0 spiro atoms. The van der Waals surface area contributed by atoms with Crippen molar-refractivity contribution in [1.82, 2.24) is 24.8 Å². The first kappa shape index (κ1) is 28.0. The Hall–Kier alpha value is -4.01. The van der Waals surface area contributed by atoms with Crippen LogP contribution in [-0.4, -0.2) is 56.8 Å². The molecule has 0 amide bonds. The standard InChI is InChI=1S/C24H27F3N6O6/c1-13-10-16-17(11-15(13)29-14-7-8-28-12-14)33(20-19(30-16)21(35)32-23(37)31-20)9-5-3-2-4-6-18(34)38-39-22(36)24(25,26)27/h10-11,14,28-29H,2-9,12H2,1H3,(H,32,35,37)/t14-/m1/s1. The zero-order chi connectivity index (χ0) is 28.2. The Kier molecular flexibility index (Phi) is 8.47. The van der Waals surface area contributed by atoms with Crippen LogP contribution in [0.3, 0.4) is 0 Å². The van der Waals surface area contributed by atoms with Crippen molar-refractivity contribution in [2.24, 2.45) is 0 Å². The lowest BCUT2D eigenvalue weighted by Crippen LogP contribution is -2.29. The van der Waals surface area contributed by atoms with Crippen molar-refractivity contribution in [2.75, 3.05) is 18.4 Å². The van der Waals surface area contributed by atoms with Gasteiger partial charge in [-0.05, 0) is 50.4 Å². The van der Waals surface area contributed by atoms with Gasteiger partial charge in [0.15, 0.2) is 11.5 Å². The average molecular weight is 553 g/mol. The molecule has 3 N–H and O–H groups in total. The number of halogens is 3. The van der Waals surface area contributed by atoms with Crippen LogP contribution in [0.1, 0.15) is 44.1 Å². The second kappa shape index (κ2) is 11.8. The van der Waals surface area contributed by atoms with Gasteiger partial charge in [0.1, 0.15) is 0 Å². The molecule has 3 heterocycles. The van der Waals surface area contributed by atoms with Gasteiger partial charge in [0.2, 0.25) is 0 Å². The molecule has 1 aromatic carbocycles. The van der Waals surface area contributed by atoms with Gasteiger partial charge in [-0.1, -0.05) is 12.8 Å². The predicted molar refractivity (Wildman–Crippen MR) is 132 cm³/mol. The van der Waals surface area contributed by atoms with Gasteiger partial charge in [0.25, 0.3) is 5.56 Å². The molecule has 12 nitrogen and oxygen atoms in total. The number of rotatable bonds is 9. The number of hydrogen-bond donors (Lipinski definition) is 3.